The number of ether oxygens (including phenoxy) is 1. The van der Waals surface area contributed by atoms with Crippen molar-refractivity contribution in [2.75, 3.05) is 0 Å². The topological polar surface area (TPSA) is 123 Å². The van der Waals surface area contributed by atoms with Gasteiger partial charge in [0.1, 0.15) is 22.6 Å². The number of cyclic esters (lactones) is 1. The summed E-state index contributed by atoms with van der Waals surface area (Å²) in [6, 6.07) is 0. The molecule has 0 saturated carbocycles. The lowest BCUT2D eigenvalue weighted by molar-refractivity contribution is -0.156. The van der Waals surface area contributed by atoms with Crippen LogP contribution in [0.25, 0.3) is 10.7 Å². The quantitative estimate of drug-likeness (QED) is 0.446. The maximum absolute atomic E-state index is 13.2. The molecule has 3 heterocycles. The fourth-order valence-electron chi connectivity index (χ4n) is 4.15. The summed E-state index contributed by atoms with van der Waals surface area (Å²) >= 11 is 1.38. The van der Waals surface area contributed by atoms with E-state index in [1.807, 2.05) is 37.5 Å². The molecule has 2 aromatic heterocycles. The largest absolute Gasteiger partial charge is 0.455 e. The molecule has 1 aliphatic rings. The van der Waals surface area contributed by atoms with Crippen molar-refractivity contribution in [1.29, 1.82) is 0 Å². The number of carbonyl (C=O) groups excluding carboxylic acids is 2. The van der Waals surface area contributed by atoms with E-state index in [2.05, 4.69) is 15.0 Å². The van der Waals surface area contributed by atoms with Gasteiger partial charge in [0.25, 0.3) is 0 Å². The van der Waals surface area contributed by atoms with Crippen molar-refractivity contribution in [2.45, 2.75) is 72.2 Å². The van der Waals surface area contributed by atoms with Gasteiger partial charge in [-0.05, 0) is 13.3 Å². The molecule has 0 saturated heterocycles. The van der Waals surface area contributed by atoms with Crippen LogP contribution in [-0.4, -0.2) is 49.1 Å². The number of Topliss-reactive ketones (excluding diaryl/α,β-unsaturated/α-hetero) is 1. The zero-order chi connectivity index (χ0) is 26.5. The van der Waals surface area contributed by atoms with Crippen LogP contribution in [0.5, 0.6) is 0 Å². The normalized spacial score (nSPS) is 30.8. The van der Waals surface area contributed by atoms with E-state index in [9.17, 15) is 19.8 Å². The van der Waals surface area contributed by atoms with Crippen molar-refractivity contribution in [1.82, 2.24) is 15.0 Å². The number of ketones is 1. The molecule has 8 nitrogen and oxygen atoms in total. The van der Waals surface area contributed by atoms with Crippen LogP contribution < -0.4 is 0 Å². The van der Waals surface area contributed by atoms with Crippen LogP contribution >= 0.6 is 11.3 Å². The van der Waals surface area contributed by atoms with Gasteiger partial charge in [-0.25, -0.2) is 4.98 Å². The molecule has 9 heteroatoms. The molecular formula is C27H35N3O5S. The van der Waals surface area contributed by atoms with Gasteiger partial charge in [-0.3, -0.25) is 19.6 Å². The molecule has 0 fully saturated rings. The average molecular weight is 514 g/mol. The molecular weight excluding hydrogens is 478 g/mol. The number of esters is 1. The minimum atomic E-state index is -1.27. The second-order valence-corrected chi connectivity index (χ2v) is 10.9. The van der Waals surface area contributed by atoms with Gasteiger partial charge in [-0.15, -0.1) is 11.3 Å². The first kappa shape index (κ1) is 27.8. The van der Waals surface area contributed by atoms with Gasteiger partial charge >= 0.3 is 5.97 Å². The highest BCUT2D eigenvalue weighted by atomic mass is 32.1. The fourth-order valence-corrected chi connectivity index (χ4v) is 4.97. The summed E-state index contributed by atoms with van der Waals surface area (Å²) in [6.45, 7) is 8.69. The molecule has 0 spiro atoms. The van der Waals surface area contributed by atoms with Crippen LogP contribution in [0.2, 0.25) is 0 Å². The van der Waals surface area contributed by atoms with Crippen molar-refractivity contribution in [3.05, 3.63) is 53.5 Å². The van der Waals surface area contributed by atoms with Gasteiger partial charge < -0.3 is 14.9 Å². The zero-order valence-corrected chi connectivity index (χ0v) is 22.2. The van der Waals surface area contributed by atoms with E-state index in [0.717, 1.165) is 5.57 Å². The summed E-state index contributed by atoms with van der Waals surface area (Å²) in [5, 5.41) is 24.1. The molecule has 194 valence electrons. The van der Waals surface area contributed by atoms with Gasteiger partial charge in [0.2, 0.25) is 0 Å². The van der Waals surface area contributed by atoms with E-state index in [1.54, 1.807) is 39.4 Å². The van der Waals surface area contributed by atoms with E-state index >= 15 is 0 Å². The van der Waals surface area contributed by atoms with E-state index in [1.165, 1.54) is 11.3 Å². The summed E-state index contributed by atoms with van der Waals surface area (Å²) in [5.74, 6) is -1.88. The molecule has 5 atom stereocenters. The molecule has 0 aromatic carbocycles. The van der Waals surface area contributed by atoms with Crippen LogP contribution in [0.1, 0.15) is 65.7 Å². The first-order chi connectivity index (χ1) is 17.0. The molecule has 2 N–H and O–H groups in total. The number of allylic oxidation sites excluding steroid dienone is 2. The first-order valence-corrected chi connectivity index (χ1v) is 13.0. The predicted molar refractivity (Wildman–Crippen MR) is 138 cm³/mol. The lowest BCUT2D eigenvalue weighted by Gasteiger charge is -2.34. The molecule has 1 aliphatic heterocycles. The maximum Gasteiger partial charge on any atom is 0.309 e. The van der Waals surface area contributed by atoms with Crippen molar-refractivity contribution >= 4 is 23.1 Å². The molecule has 0 aliphatic carbocycles. The van der Waals surface area contributed by atoms with E-state index < -0.39 is 35.6 Å². The smallest absolute Gasteiger partial charge is 0.309 e. The van der Waals surface area contributed by atoms with Crippen molar-refractivity contribution in [3.8, 4) is 10.7 Å². The summed E-state index contributed by atoms with van der Waals surface area (Å²) in [6.07, 6.45) is 8.57. The van der Waals surface area contributed by atoms with E-state index in [0.29, 0.717) is 29.2 Å². The van der Waals surface area contributed by atoms with Crippen LogP contribution in [0.15, 0.2) is 47.8 Å². The summed E-state index contributed by atoms with van der Waals surface area (Å²) in [7, 11) is 0. The van der Waals surface area contributed by atoms with E-state index in [4.69, 9.17) is 4.74 Å². The number of aromatic nitrogens is 3. The minimum absolute atomic E-state index is 0.246. The number of nitrogens with zero attached hydrogens (tertiary/aromatic N) is 3. The summed E-state index contributed by atoms with van der Waals surface area (Å²) in [5.41, 5.74) is 1.04. The number of carbonyl (C=O) groups is 2. The Hall–Kier alpha value is -2.75. The fraction of sp³-hybridized carbons (Fsp3) is 0.519. The number of hydrogen-bond donors (Lipinski definition) is 2. The van der Waals surface area contributed by atoms with Gasteiger partial charge in [0.15, 0.2) is 0 Å². The Morgan fingerprint density at radius 3 is 2.61 bits per heavy atom. The highest BCUT2D eigenvalue weighted by Gasteiger charge is 2.42. The van der Waals surface area contributed by atoms with E-state index in [-0.39, 0.29) is 18.1 Å². The van der Waals surface area contributed by atoms with Gasteiger partial charge in [-0.2, -0.15) is 0 Å². The monoisotopic (exact) mass is 513 g/mol. The molecule has 0 amide bonds. The van der Waals surface area contributed by atoms with Crippen LogP contribution in [0.4, 0.5) is 0 Å². The average Bonchev–Trinajstić information content (AvgIpc) is 3.35. The highest BCUT2D eigenvalue weighted by molar-refractivity contribution is 7.13. The summed E-state index contributed by atoms with van der Waals surface area (Å²) < 4.78 is 5.78. The van der Waals surface area contributed by atoms with Crippen LogP contribution in [-0.2, 0) is 14.3 Å². The Labute approximate surface area is 216 Å². The SMILES string of the molecule is C/C1=C/C[C@@H](c2csc(-c3cnccn3)n2)OC(=O)C[C@H](O)C(C)(C)C(=O)[C@H](C)C(O)[C@@H](C)/C=C/C1. The number of rotatable bonds is 2. The molecule has 1 unspecified atom stereocenters. The van der Waals surface area contributed by atoms with Gasteiger partial charge in [0.05, 0.1) is 35.9 Å². The summed E-state index contributed by atoms with van der Waals surface area (Å²) in [4.78, 5) is 39.1. The minimum Gasteiger partial charge on any atom is -0.455 e. The van der Waals surface area contributed by atoms with Crippen molar-refractivity contribution in [2.24, 2.45) is 17.3 Å². The third-order valence-electron chi connectivity index (χ3n) is 6.76. The Kier molecular flexibility index (Phi) is 9.27. The van der Waals surface area contributed by atoms with Crippen molar-refractivity contribution in [3.63, 3.8) is 0 Å². The standard InChI is InChI=1S/C27H35N3O5S/c1-16-7-6-8-17(2)24(33)18(3)25(34)27(4,5)22(31)13-23(32)35-21(10-9-16)20-15-36-26(30-20)19-14-28-11-12-29-19/h6,8-9,11-12,14-15,17-18,21-22,24,31,33H,7,10,13H2,1-5H3/b8-6+,16-9-/t17-,18+,21-,22-,24?/m0/s1. The third kappa shape index (κ3) is 6.72. The molecule has 2 aromatic rings. The molecule has 0 bridgehead atoms. The van der Waals surface area contributed by atoms with Gasteiger partial charge in [0, 0.05) is 36.0 Å². The van der Waals surface area contributed by atoms with Crippen LogP contribution in [0.3, 0.4) is 0 Å². The third-order valence-corrected chi connectivity index (χ3v) is 7.64. The Morgan fingerprint density at radius 2 is 1.92 bits per heavy atom. The number of aliphatic hydroxyl groups is 2. The maximum atomic E-state index is 13.2. The predicted octanol–water partition coefficient (Wildman–Crippen LogP) is 4.46. The second kappa shape index (κ2) is 12.0. The first-order valence-electron chi connectivity index (χ1n) is 12.1. The highest BCUT2D eigenvalue weighted by Crippen LogP contribution is 2.33. The Morgan fingerprint density at radius 1 is 1.17 bits per heavy atom. The second-order valence-electron chi connectivity index (χ2n) is 10.0. The number of aliphatic hydroxyl groups excluding tert-OH is 2. The van der Waals surface area contributed by atoms with Gasteiger partial charge in [-0.1, -0.05) is 51.5 Å². The Bertz CT molecular complexity index is 1110. The zero-order valence-electron chi connectivity index (χ0n) is 21.4. The molecule has 36 heavy (non-hydrogen) atoms. The lowest BCUT2D eigenvalue weighted by Crippen LogP contribution is -2.45. The Balaban J connectivity index is 1.91. The van der Waals surface area contributed by atoms with Crippen LogP contribution in [0, 0.1) is 17.3 Å². The molecule has 3 rings (SSSR count). The van der Waals surface area contributed by atoms with Crippen molar-refractivity contribution < 1.29 is 24.5 Å². The molecule has 0 radical (unpaired) electrons. The number of thiazole rings is 1. The lowest BCUT2D eigenvalue weighted by atomic mass is 9.73. The number of hydrogen-bond acceptors (Lipinski definition) is 9.